The van der Waals surface area contributed by atoms with Crippen molar-refractivity contribution in [3.05, 3.63) is 4.77 Å². The zero-order valence-corrected chi connectivity index (χ0v) is 6.73. The summed E-state index contributed by atoms with van der Waals surface area (Å²) in [5, 5.41) is 2.82. The normalized spacial score (nSPS) is 9.80. The van der Waals surface area contributed by atoms with E-state index in [1.54, 1.807) is 11.7 Å². The van der Waals surface area contributed by atoms with E-state index in [4.69, 9.17) is 17.0 Å². The zero-order valence-electron chi connectivity index (χ0n) is 5.92. The number of aryl methyl sites for hydroxylation is 1. The maximum absolute atomic E-state index is 5.05. The summed E-state index contributed by atoms with van der Waals surface area (Å²) in [6.45, 7) is 2.49. The molecule has 0 fully saturated rings. The highest BCUT2D eigenvalue weighted by Gasteiger charge is 1.95. The predicted octanol–water partition coefficient (Wildman–Crippen LogP) is 0.876. The standard InChI is InChI=1S/C5H9N3OS/c1-3-9-4-6-5(10)8(2)7-4/h3H2,1-2H3,(H,6,7,10). The maximum Gasteiger partial charge on any atom is 0.311 e. The Hall–Kier alpha value is -0.840. The second kappa shape index (κ2) is 2.83. The van der Waals surface area contributed by atoms with E-state index in [0.717, 1.165) is 0 Å². The molecule has 0 saturated carbocycles. The van der Waals surface area contributed by atoms with Crippen LogP contribution in [-0.2, 0) is 7.05 Å². The van der Waals surface area contributed by atoms with Crippen LogP contribution in [0, 0.1) is 4.77 Å². The van der Waals surface area contributed by atoms with Crippen LogP contribution in [0.25, 0.3) is 0 Å². The molecule has 0 radical (unpaired) electrons. The lowest BCUT2D eigenvalue weighted by molar-refractivity contribution is 0.311. The molecular weight excluding hydrogens is 150 g/mol. The third kappa shape index (κ3) is 1.36. The van der Waals surface area contributed by atoms with Crippen LogP contribution in [0.5, 0.6) is 6.01 Å². The summed E-state index contributed by atoms with van der Waals surface area (Å²) >= 11 is 4.83. The monoisotopic (exact) mass is 159 g/mol. The number of nitrogens with one attached hydrogen (secondary N) is 1. The molecule has 0 atom stereocenters. The number of nitrogens with zero attached hydrogens (tertiary/aromatic N) is 2. The number of aromatic amines is 1. The molecule has 0 unspecified atom stereocenters. The van der Waals surface area contributed by atoms with Gasteiger partial charge in [-0.25, -0.2) is 5.10 Å². The molecule has 0 bridgehead atoms. The Morgan fingerprint density at radius 3 is 2.90 bits per heavy atom. The lowest BCUT2D eigenvalue weighted by Gasteiger charge is -1.93. The van der Waals surface area contributed by atoms with Crippen LogP contribution in [0.1, 0.15) is 6.92 Å². The van der Waals surface area contributed by atoms with Crippen molar-refractivity contribution in [3.8, 4) is 6.01 Å². The lowest BCUT2D eigenvalue weighted by Crippen LogP contribution is -1.94. The average molecular weight is 159 g/mol. The van der Waals surface area contributed by atoms with Crippen molar-refractivity contribution in [2.24, 2.45) is 7.05 Å². The molecule has 56 valence electrons. The molecule has 0 saturated heterocycles. The van der Waals surface area contributed by atoms with E-state index in [2.05, 4.69) is 10.1 Å². The fraction of sp³-hybridized carbons (Fsp3) is 0.600. The first kappa shape index (κ1) is 7.27. The molecule has 0 aliphatic carbocycles. The molecule has 1 rings (SSSR count). The van der Waals surface area contributed by atoms with E-state index in [1.807, 2.05) is 6.92 Å². The molecule has 1 N–H and O–H groups in total. The summed E-state index contributed by atoms with van der Waals surface area (Å²) in [5.74, 6) is 0. The van der Waals surface area contributed by atoms with Crippen molar-refractivity contribution >= 4 is 12.2 Å². The topological polar surface area (TPSA) is 42.8 Å². The first-order chi connectivity index (χ1) is 4.74. The molecule has 0 aliphatic heterocycles. The molecule has 1 heterocycles. The van der Waals surface area contributed by atoms with Crippen LogP contribution >= 0.6 is 12.2 Å². The predicted molar refractivity (Wildman–Crippen MR) is 39.6 cm³/mol. The van der Waals surface area contributed by atoms with Gasteiger partial charge in [0.2, 0.25) is 4.77 Å². The highest BCUT2D eigenvalue weighted by Crippen LogP contribution is 1.98. The molecule has 0 aliphatic rings. The van der Waals surface area contributed by atoms with Gasteiger partial charge in [0.1, 0.15) is 0 Å². The van der Waals surface area contributed by atoms with Gasteiger partial charge in [-0.1, -0.05) is 0 Å². The molecule has 5 heteroatoms. The number of aromatic nitrogens is 3. The van der Waals surface area contributed by atoms with Gasteiger partial charge in [-0.3, -0.25) is 4.68 Å². The van der Waals surface area contributed by atoms with Crippen molar-refractivity contribution in [1.29, 1.82) is 0 Å². The van der Waals surface area contributed by atoms with Gasteiger partial charge < -0.3 is 4.74 Å². The van der Waals surface area contributed by atoms with E-state index in [1.165, 1.54) is 0 Å². The van der Waals surface area contributed by atoms with E-state index in [0.29, 0.717) is 17.4 Å². The Bertz CT molecular complexity index is 264. The summed E-state index contributed by atoms with van der Waals surface area (Å²) in [5.41, 5.74) is 0. The van der Waals surface area contributed by atoms with E-state index in [-0.39, 0.29) is 0 Å². The summed E-state index contributed by atoms with van der Waals surface area (Å²) < 4.78 is 7.18. The lowest BCUT2D eigenvalue weighted by atomic mass is 10.9. The highest BCUT2D eigenvalue weighted by molar-refractivity contribution is 7.71. The molecule has 0 aromatic carbocycles. The van der Waals surface area contributed by atoms with Crippen LogP contribution in [-0.4, -0.2) is 21.4 Å². The van der Waals surface area contributed by atoms with Crippen LogP contribution in [0.15, 0.2) is 0 Å². The molecule has 0 amide bonds. The summed E-state index contributed by atoms with van der Waals surface area (Å²) in [7, 11) is 1.79. The fourth-order valence-electron chi connectivity index (χ4n) is 0.579. The van der Waals surface area contributed by atoms with Crippen molar-refractivity contribution < 1.29 is 4.74 Å². The van der Waals surface area contributed by atoms with Gasteiger partial charge in [0.15, 0.2) is 0 Å². The maximum atomic E-state index is 5.05. The summed E-state index contributed by atoms with van der Waals surface area (Å²) in [4.78, 5) is 3.90. The SMILES string of the molecule is CCOc1nc(=S)n(C)[nH]1. The minimum absolute atomic E-state index is 0.481. The van der Waals surface area contributed by atoms with Crippen molar-refractivity contribution in [2.45, 2.75) is 6.92 Å². The van der Waals surface area contributed by atoms with Gasteiger partial charge in [0.25, 0.3) is 0 Å². The third-order valence-corrected chi connectivity index (χ3v) is 1.39. The van der Waals surface area contributed by atoms with Crippen LogP contribution in [0.2, 0.25) is 0 Å². The second-order valence-electron chi connectivity index (χ2n) is 1.80. The molecule has 10 heavy (non-hydrogen) atoms. The number of hydrogen-bond donors (Lipinski definition) is 1. The van der Waals surface area contributed by atoms with Crippen LogP contribution in [0.4, 0.5) is 0 Å². The molecule has 0 spiro atoms. The molecular formula is C5H9N3OS. The van der Waals surface area contributed by atoms with E-state index < -0.39 is 0 Å². The van der Waals surface area contributed by atoms with Gasteiger partial charge >= 0.3 is 6.01 Å². The van der Waals surface area contributed by atoms with Crippen molar-refractivity contribution in [2.75, 3.05) is 6.61 Å². The van der Waals surface area contributed by atoms with E-state index >= 15 is 0 Å². The minimum atomic E-state index is 0.481. The van der Waals surface area contributed by atoms with Gasteiger partial charge in [-0.2, -0.15) is 4.98 Å². The molecule has 1 aromatic heterocycles. The Morgan fingerprint density at radius 2 is 2.50 bits per heavy atom. The smallest absolute Gasteiger partial charge is 0.311 e. The summed E-state index contributed by atoms with van der Waals surface area (Å²) in [6, 6.07) is 0.481. The minimum Gasteiger partial charge on any atom is -0.464 e. The number of ether oxygens (including phenoxy) is 1. The molecule has 4 nitrogen and oxygen atoms in total. The first-order valence-corrected chi connectivity index (χ1v) is 3.40. The van der Waals surface area contributed by atoms with Gasteiger partial charge in [-0.05, 0) is 19.1 Å². The number of hydrogen-bond acceptors (Lipinski definition) is 3. The van der Waals surface area contributed by atoms with Gasteiger partial charge in [0.05, 0.1) is 6.61 Å². The Morgan fingerprint density at radius 1 is 1.80 bits per heavy atom. The Labute approximate surface area is 63.8 Å². The Kier molecular flexibility index (Phi) is 2.06. The van der Waals surface area contributed by atoms with Gasteiger partial charge in [-0.15, -0.1) is 0 Å². The number of rotatable bonds is 2. The number of H-pyrrole nitrogens is 1. The van der Waals surface area contributed by atoms with Gasteiger partial charge in [0, 0.05) is 7.05 Å². The first-order valence-electron chi connectivity index (χ1n) is 3.00. The zero-order chi connectivity index (χ0) is 7.56. The highest BCUT2D eigenvalue weighted by atomic mass is 32.1. The molecule has 1 aromatic rings. The van der Waals surface area contributed by atoms with Crippen LogP contribution < -0.4 is 4.74 Å². The Balaban J connectivity index is 2.88. The van der Waals surface area contributed by atoms with E-state index in [9.17, 15) is 0 Å². The third-order valence-electron chi connectivity index (χ3n) is 1.03. The summed E-state index contributed by atoms with van der Waals surface area (Å²) in [6.07, 6.45) is 0. The average Bonchev–Trinajstić information content (AvgIpc) is 2.14. The fourth-order valence-corrected chi connectivity index (χ4v) is 0.708. The quantitative estimate of drug-likeness (QED) is 0.651. The second-order valence-corrected chi connectivity index (χ2v) is 2.17. The largest absolute Gasteiger partial charge is 0.464 e. The van der Waals surface area contributed by atoms with Crippen LogP contribution in [0.3, 0.4) is 0 Å². The van der Waals surface area contributed by atoms with Crippen molar-refractivity contribution in [1.82, 2.24) is 14.8 Å². The van der Waals surface area contributed by atoms with Crippen molar-refractivity contribution in [3.63, 3.8) is 0 Å².